The molecular weight excluding hydrogens is 432 g/mol. The maximum Gasteiger partial charge on any atom is 0.225 e. The highest BCUT2D eigenvalue weighted by Gasteiger charge is 2.10. The van der Waals surface area contributed by atoms with E-state index in [0.717, 1.165) is 5.56 Å². The second-order valence-corrected chi connectivity index (χ2v) is 7.87. The molecule has 4 nitrogen and oxygen atoms in total. The summed E-state index contributed by atoms with van der Waals surface area (Å²) in [5, 5.41) is 13.1. The number of nitriles is 1. The summed E-state index contributed by atoms with van der Waals surface area (Å²) in [6, 6.07) is 16.8. The minimum Gasteiger partial charge on any atom is -0.326 e. The van der Waals surface area contributed by atoms with Gasteiger partial charge in [0, 0.05) is 28.4 Å². The predicted octanol–water partition coefficient (Wildman–Crippen LogP) is 6.19. The van der Waals surface area contributed by atoms with Crippen LogP contribution in [0.4, 0.5) is 10.1 Å². The van der Waals surface area contributed by atoms with Gasteiger partial charge in [-0.15, -0.1) is 11.8 Å². The fourth-order valence-electron chi connectivity index (χ4n) is 2.45. The number of carbonyl (C=O) groups excluding carboxylic acids is 1. The predicted molar refractivity (Wildman–Crippen MR) is 115 cm³/mol. The Balaban J connectivity index is 1.64. The van der Waals surface area contributed by atoms with E-state index in [1.54, 1.807) is 24.3 Å². The molecule has 3 rings (SSSR count). The Hall–Kier alpha value is -2.59. The van der Waals surface area contributed by atoms with Crippen LogP contribution in [-0.4, -0.2) is 16.6 Å². The van der Waals surface area contributed by atoms with Crippen LogP contribution in [0.25, 0.3) is 11.3 Å². The monoisotopic (exact) mass is 445 g/mol. The Morgan fingerprint density at radius 1 is 1.14 bits per heavy atom. The molecule has 0 aliphatic heterocycles. The first-order valence-corrected chi connectivity index (χ1v) is 10.2. The van der Waals surface area contributed by atoms with Crippen molar-refractivity contribution < 1.29 is 9.18 Å². The number of nitrogens with zero attached hydrogens (tertiary/aromatic N) is 2. The third-order valence-corrected chi connectivity index (χ3v) is 5.43. The number of rotatable bonds is 6. The van der Waals surface area contributed by atoms with E-state index >= 15 is 0 Å². The van der Waals surface area contributed by atoms with Crippen LogP contribution in [0.3, 0.4) is 0 Å². The first-order chi connectivity index (χ1) is 14.0. The highest BCUT2D eigenvalue weighted by Crippen LogP contribution is 2.27. The maximum atomic E-state index is 13.2. The van der Waals surface area contributed by atoms with E-state index in [0.29, 0.717) is 32.7 Å². The summed E-state index contributed by atoms with van der Waals surface area (Å²) in [6.07, 6.45) is 0.192. The van der Waals surface area contributed by atoms with Crippen LogP contribution in [0.2, 0.25) is 10.0 Å². The maximum absolute atomic E-state index is 13.2. The largest absolute Gasteiger partial charge is 0.326 e. The Morgan fingerprint density at radius 2 is 1.90 bits per heavy atom. The van der Waals surface area contributed by atoms with Crippen molar-refractivity contribution in [3.8, 4) is 17.3 Å². The number of nitrogens with one attached hydrogen (secondary N) is 1. The number of pyridine rings is 1. The molecule has 0 unspecified atom stereocenters. The molecule has 3 aromatic rings. The molecule has 0 saturated heterocycles. The van der Waals surface area contributed by atoms with Crippen LogP contribution in [0, 0.1) is 17.1 Å². The minimum absolute atomic E-state index is 0.0564. The smallest absolute Gasteiger partial charge is 0.225 e. The van der Waals surface area contributed by atoms with Gasteiger partial charge in [0.2, 0.25) is 5.91 Å². The van der Waals surface area contributed by atoms with Crippen molar-refractivity contribution in [1.82, 2.24) is 4.98 Å². The van der Waals surface area contributed by atoms with Crippen molar-refractivity contribution >= 4 is 46.6 Å². The molecule has 0 aliphatic rings. The summed E-state index contributed by atoms with van der Waals surface area (Å²) in [5.41, 5.74) is 2.46. The third kappa shape index (κ3) is 5.70. The van der Waals surface area contributed by atoms with Gasteiger partial charge in [-0.05, 0) is 42.5 Å². The van der Waals surface area contributed by atoms with E-state index in [-0.39, 0.29) is 17.4 Å². The molecule has 0 fully saturated rings. The number of hydrogen-bond donors (Lipinski definition) is 1. The van der Waals surface area contributed by atoms with E-state index in [9.17, 15) is 14.4 Å². The van der Waals surface area contributed by atoms with Gasteiger partial charge < -0.3 is 5.32 Å². The van der Waals surface area contributed by atoms with E-state index in [1.165, 1.54) is 30.0 Å². The normalized spacial score (nSPS) is 10.4. The Labute approximate surface area is 181 Å². The first kappa shape index (κ1) is 21.1. The van der Waals surface area contributed by atoms with E-state index in [4.69, 9.17) is 23.2 Å². The van der Waals surface area contributed by atoms with Gasteiger partial charge in [0.15, 0.2) is 0 Å². The molecule has 1 aromatic heterocycles. The number of anilines is 1. The lowest BCUT2D eigenvalue weighted by molar-refractivity contribution is -0.115. The number of thioether (sulfide) groups is 1. The summed E-state index contributed by atoms with van der Waals surface area (Å²) >= 11 is 13.0. The molecule has 8 heteroatoms. The average Bonchev–Trinajstić information content (AvgIpc) is 2.71. The molecule has 0 radical (unpaired) electrons. The lowest BCUT2D eigenvalue weighted by Crippen LogP contribution is -2.12. The molecule has 0 saturated carbocycles. The molecule has 0 bridgehead atoms. The zero-order chi connectivity index (χ0) is 20.8. The molecule has 2 aromatic carbocycles. The van der Waals surface area contributed by atoms with Gasteiger partial charge in [0.05, 0.1) is 16.3 Å². The van der Waals surface area contributed by atoms with Gasteiger partial charge in [-0.2, -0.15) is 5.26 Å². The van der Waals surface area contributed by atoms with Crippen LogP contribution in [0.5, 0.6) is 0 Å². The van der Waals surface area contributed by atoms with Crippen LogP contribution >= 0.6 is 35.0 Å². The number of carbonyl (C=O) groups is 1. The van der Waals surface area contributed by atoms with Crippen molar-refractivity contribution in [2.75, 3.05) is 11.1 Å². The van der Waals surface area contributed by atoms with E-state index in [1.807, 2.05) is 12.1 Å². The number of amides is 1. The SMILES string of the molecule is N#Cc1ccc(-c2ccc(Cl)cc2)nc1SCCC(=O)Nc1ccc(F)c(Cl)c1. The molecular formula is C21H14Cl2FN3OS. The quantitative estimate of drug-likeness (QED) is 0.459. The van der Waals surface area contributed by atoms with Gasteiger partial charge in [-0.3, -0.25) is 4.79 Å². The number of aromatic nitrogens is 1. The fourth-order valence-corrected chi connectivity index (χ4v) is 3.67. The van der Waals surface area contributed by atoms with Crippen molar-refractivity contribution in [2.45, 2.75) is 11.4 Å². The van der Waals surface area contributed by atoms with Crippen molar-refractivity contribution in [3.05, 3.63) is 76.0 Å². The second kappa shape index (κ2) is 9.75. The summed E-state index contributed by atoms with van der Waals surface area (Å²) < 4.78 is 13.2. The fraction of sp³-hybridized carbons (Fsp3) is 0.0952. The van der Waals surface area contributed by atoms with Gasteiger partial charge in [0.25, 0.3) is 0 Å². The van der Waals surface area contributed by atoms with Crippen LogP contribution < -0.4 is 5.32 Å². The first-order valence-electron chi connectivity index (χ1n) is 8.51. The van der Waals surface area contributed by atoms with Gasteiger partial charge in [0.1, 0.15) is 16.9 Å². The van der Waals surface area contributed by atoms with E-state index < -0.39 is 5.82 Å². The van der Waals surface area contributed by atoms with Crippen LogP contribution in [0.15, 0.2) is 59.6 Å². The third-order valence-electron chi connectivity index (χ3n) is 3.89. The molecule has 29 heavy (non-hydrogen) atoms. The molecule has 0 aliphatic carbocycles. The average molecular weight is 446 g/mol. The van der Waals surface area contributed by atoms with Crippen molar-refractivity contribution in [3.63, 3.8) is 0 Å². The minimum atomic E-state index is -0.545. The van der Waals surface area contributed by atoms with Gasteiger partial charge >= 0.3 is 0 Å². The highest BCUT2D eigenvalue weighted by molar-refractivity contribution is 7.99. The zero-order valence-corrected chi connectivity index (χ0v) is 17.3. The van der Waals surface area contributed by atoms with Crippen LogP contribution in [0.1, 0.15) is 12.0 Å². The summed E-state index contributed by atoms with van der Waals surface area (Å²) in [6.45, 7) is 0. The van der Waals surface area contributed by atoms with Crippen molar-refractivity contribution in [1.29, 1.82) is 5.26 Å². The summed E-state index contributed by atoms with van der Waals surface area (Å²) in [7, 11) is 0. The lowest BCUT2D eigenvalue weighted by atomic mass is 10.1. The molecule has 0 spiro atoms. The second-order valence-electron chi connectivity index (χ2n) is 5.94. The van der Waals surface area contributed by atoms with Gasteiger partial charge in [-0.25, -0.2) is 9.37 Å². The number of hydrogen-bond acceptors (Lipinski definition) is 4. The van der Waals surface area contributed by atoms with Gasteiger partial charge in [-0.1, -0.05) is 35.3 Å². The molecule has 1 amide bonds. The standard InChI is InChI=1S/C21H14Cl2FN3OS/c22-15-4-1-13(2-5-15)19-8-3-14(12-25)21(27-19)29-10-9-20(28)26-16-6-7-18(24)17(23)11-16/h1-8,11H,9-10H2,(H,26,28). The Kier molecular flexibility index (Phi) is 7.10. The molecule has 0 atom stereocenters. The molecule has 146 valence electrons. The Morgan fingerprint density at radius 3 is 2.59 bits per heavy atom. The summed E-state index contributed by atoms with van der Waals surface area (Å²) in [5.74, 6) is -0.365. The summed E-state index contributed by atoms with van der Waals surface area (Å²) in [4.78, 5) is 16.7. The number of benzene rings is 2. The van der Waals surface area contributed by atoms with Crippen LogP contribution in [-0.2, 0) is 4.79 Å². The zero-order valence-electron chi connectivity index (χ0n) is 15.0. The lowest BCUT2D eigenvalue weighted by Gasteiger charge is -2.08. The topological polar surface area (TPSA) is 65.8 Å². The highest BCUT2D eigenvalue weighted by atomic mass is 35.5. The van der Waals surface area contributed by atoms with Crippen molar-refractivity contribution in [2.24, 2.45) is 0 Å². The molecule has 1 N–H and O–H groups in total. The Bertz CT molecular complexity index is 1080. The van der Waals surface area contributed by atoms with E-state index in [2.05, 4.69) is 16.4 Å². The number of halogens is 3. The molecule has 1 heterocycles.